The van der Waals surface area contributed by atoms with Crippen LogP contribution in [0.1, 0.15) is 27.0 Å². The molecule has 0 bridgehead atoms. The van der Waals surface area contributed by atoms with Crippen molar-refractivity contribution in [3.63, 3.8) is 0 Å². The minimum atomic E-state index is -0.343. The predicted octanol–water partition coefficient (Wildman–Crippen LogP) is 4.62. The Kier molecular flexibility index (Phi) is 5.78. The fraction of sp³-hybridized carbons (Fsp3) is 0.0909. The van der Waals surface area contributed by atoms with Gasteiger partial charge in [0.25, 0.3) is 0 Å². The first-order valence-electron chi connectivity index (χ1n) is 8.24. The van der Waals surface area contributed by atoms with Gasteiger partial charge in [0, 0.05) is 11.8 Å². The zero-order valence-corrected chi connectivity index (χ0v) is 14.5. The number of ether oxygens (including phenoxy) is 2. The molecular formula is C22H19NO3. The van der Waals surface area contributed by atoms with Crippen molar-refractivity contribution in [2.75, 3.05) is 7.11 Å². The highest BCUT2D eigenvalue weighted by atomic mass is 16.5. The van der Waals surface area contributed by atoms with Gasteiger partial charge in [0.05, 0.1) is 12.7 Å². The minimum absolute atomic E-state index is 0.343. The summed E-state index contributed by atoms with van der Waals surface area (Å²) in [4.78, 5) is 15.8. The van der Waals surface area contributed by atoms with Gasteiger partial charge in [-0.2, -0.15) is 0 Å². The Hall–Kier alpha value is -3.40. The van der Waals surface area contributed by atoms with Gasteiger partial charge in [0.2, 0.25) is 5.88 Å². The predicted molar refractivity (Wildman–Crippen MR) is 102 cm³/mol. The van der Waals surface area contributed by atoms with E-state index in [1.165, 1.54) is 7.11 Å². The third kappa shape index (κ3) is 4.57. The topological polar surface area (TPSA) is 48.4 Å². The maximum Gasteiger partial charge on any atom is 0.337 e. The first-order valence-corrected chi connectivity index (χ1v) is 8.24. The van der Waals surface area contributed by atoms with Crippen LogP contribution in [0.3, 0.4) is 0 Å². The number of pyridine rings is 1. The van der Waals surface area contributed by atoms with Gasteiger partial charge in [-0.05, 0) is 41.5 Å². The normalized spacial score (nSPS) is 10.7. The summed E-state index contributed by atoms with van der Waals surface area (Å²) in [5, 5.41) is 0. The van der Waals surface area contributed by atoms with E-state index in [1.807, 2.05) is 66.7 Å². The minimum Gasteiger partial charge on any atom is -0.472 e. The Morgan fingerprint density at radius 3 is 2.46 bits per heavy atom. The smallest absolute Gasteiger partial charge is 0.337 e. The number of hydrogen-bond acceptors (Lipinski definition) is 4. The third-order valence-corrected chi connectivity index (χ3v) is 3.81. The molecule has 0 fully saturated rings. The quantitative estimate of drug-likeness (QED) is 0.612. The van der Waals surface area contributed by atoms with Gasteiger partial charge in [0.1, 0.15) is 6.61 Å². The molecule has 0 saturated heterocycles. The molecule has 0 atom stereocenters. The van der Waals surface area contributed by atoms with Crippen LogP contribution in [0.15, 0.2) is 72.9 Å². The molecule has 0 N–H and O–H groups in total. The molecular weight excluding hydrogens is 326 g/mol. The van der Waals surface area contributed by atoms with Crippen molar-refractivity contribution in [3.8, 4) is 5.88 Å². The molecule has 0 spiro atoms. The lowest BCUT2D eigenvalue weighted by Gasteiger charge is -2.08. The van der Waals surface area contributed by atoms with Crippen molar-refractivity contribution in [2.45, 2.75) is 6.61 Å². The van der Waals surface area contributed by atoms with Crippen molar-refractivity contribution in [3.05, 3.63) is 95.2 Å². The first kappa shape index (κ1) is 17.4. The van der Waals surface area contributed by atoms with Crippen LogP contribution < -0.4 is 4.74 Å². The lowest BCUT2D eigenvalue weighted by Crippen LogP contribution is -2.00. The van der Waals surface area contributed by atoms with Gasteiger partial charge in [-0.3, -0.25) is 0 Å². The van der Waals surface area contributed by atoms with E-state index in [4.69, 9.17) is 9.47 Å². The zero-order valence-electron chi connectivity index (χ0n) is 14.5. The van der Waals surface area contributed by atoms with Gasteiger partial charge >= 0.3 is 5.97 Å². The molecule has 3 rings (SSSR count). The van der Waals surface area contributed by atoms with Crippen molar-refractivity contribution < 1.29 is 14.3 Å². The molecule has 1 aromatic heterocycles. The van der Waals surface area contributed by atoms with Gasteiger partial charge < -0.3 is 9.47 Å². The highest BCUT2D eigenvalue weighted by Crippen LogP contribution is 2.19. The second-order valence-corrected chi connectivity index (χ2v) is 5.62. The van der Waals surface area contributed by atoms with Gasteiger partial charge in [-0.25, -0.2) is 9.78 Å². The van der Waals surface area contributed by atoms with Crippen LogP contribution in [0.2, 0.25) is 0 Å². The van der Waals surface area contributed by atoms with Crippen LogP contribution in [-0.4, -0.2) is 18.1 Å². The number of nitrogens with zero attached hydrogens (tertiary/aromatic N) is 1. The monoisotopic (exact) mass is 345 g/mol. The summed E-state index contributed by atoms with van der Waals surface area (Å²) in [6.07, 6.45) is 5.61. The number of carbonyl (C=O) groups excluding carboxylic acids is 1. The zero-order chi connectivity index (χ0) is 18.2. The Bertz CT molecular complexity index is 887. The van der Waals surface area contributed by atoms with Crippen molar-refractivity contribution >= 4 is 18.1 Å². The number of esters is 1. The fourth-order valence-corrected chi connectivity index (χ4v) is 2.41. The molecule has 0 unspecified atom stereocenters. The van der Waals surface area contributed by atoms with Gasteiger partial charge in [-0.15, -0.1) is 0 Å². The molecule has 1 heterocycles. The summed E-state index contributed by atoms with van der Waals surface area (Å²) in [5.74, 6) is 0.239. The second-order valence-electron chi connectivity index (χ2n) is 5.62. The molecule has 0 saturated carbocycles. The summed E-state index contributed by atoms with van der Waals surface area (Å²) in [5.41, 5.74) is 3.47. The van der Waals surface area contributed by atoms with Crippen LogP contribution in [0, 0.1) is 0 Å². The average Bonchev–Trinajstić information content (AvgIpc) is 2.72. The second kappa shape index (κ2) is 8.62. The maximum atomic E-state index is 11.5. The number of hydrogen-bond donors (Lipinski definition) is 0. The molecule has 2 aromatic carbocycles. The van der Waals surface area contributed by atoms with Crippen LogP contribution in [0.5, 0.6) is 5.88 Å². The fourth-order valence-electron chi connectivity index (χ4n) is 2.41. The first-order chi connectivity index (χ1) is 12.8. The van der Waals surface area contributed by atoms with Gasteiger partial charge in [-0.1, -0.05) is 48.5 Å². The SMILES string of the molecule is COC(=O)c1ccc(C=Cc2cccnc2OCc2ccccc2)cc1. The standard InChI is InChI=1S/C22H19NO3/c1-25-22(24)20-13-10-17(11-14-20)9-12-19-8-5-15-23-21(19)26-16-18-6-3-2-4-7-18/h2-15H,16H2,1H3. The highest BCUT2D eigenvalue weighted by Gasteiger charge is 2.04. The summed E-state index contributed by atoms with van der Waals surface area (Å²) in [6.45, 7) is 0.465. The molecule has 0 aliphatic rings. The third-order valence-electron chi connectivity index (χ3n) is 3.81. The number of methoxy groups -OCH3 is 1. The Balaban J connectivity index is 1.71. The number of rotatable bonds is 6. The van der Waals surface area contributed by atoms with Crippen LogP contribution >= 0.6 is 0 Å². The lowest BCUT2D eigenvalue weighted by atomic mass is 10.1. The summed E-state index contributed by atoms with van der Waals surface area (Å²) in [7, 11) is 1.37. The average molecular weight is 345 g/mol. The largest absolute Gasteiger partial charge is 0.472 e. The maximum absolute atomic E-state index is 11.5. The summed E-state index contributed by atoms with van der Waals surface area (Å²) >= 11 is 0. The van der Waals surface area contributed by atoms with E-state index >= 15 is 0 Å². The number of aromatic nitrogens is 1. The van der Waals surface area contributed by atoms with Crippen molar-refractivity contribution in [1.82, 2.24) is 4.98 Å². The molecule has 4 nitrogen and oxygen atoms in total. The molecule has 0 radical (unpaired) electrons. The van der Waals surface area contributed by atoms with E-state index in [1.54, 1.807) is 18.3 Å². The lowest BCUT2D eigenvalue weighted by molar-refractivity contribution is 0.0600. The van der Waals surface area contributed by atoms with Gasteiger partial charge in [0.15, 0.2) is 0 Å². The van der Waals surface area contributed by atoms with Crippen molar-refractivity contribution in [2.24, 2.45) is 0 Å². The Morgan fingerprint density at radius 1 is 0.962 bits per heavy atom. The molecule has 3 aromatic rings. The molecule has 130 valence electrons. The van der Waals surface area contributed by atoms with E-state index in [0.717, 1.165) is 16.7 Å². The van der Waals surface area contributed by atoms with E-state index in [9.17, 15) is 4.79 Å². The number of carbonyl (C=O) groups is 1. The Morgan fingerprint density at radius 2 is 1.73 bits per heavy atom. The molecule has 0 amide bonds. The van der Waals surface area contributed by atoms with E-state index < -0.39 is 0 Å². The highest BCUT2D eigenvalue weighted by molar-refractivity contribution is 5.89. The molecule has 26 heavy (non-hydrogen) atoms. The van der Waals surface area contributed by atoms with E-state index in [2.05, 4.69) is 4.98 Å². The van der Waals surface area contributed by atoms with Crippen molar-refractivity contribution in [1.29, 1.82) is 0 Å². The van der Waals surface area contributed by atoms with Crippen LogP contribution in [-0.2, 0) is 11.3 Å². The molecule has 0 aliphatic carbocycles. The van der Waals surface area contributed by atoms with Crippen LogP contribution in [0.4, 0.5) is 0 Å². The van der Waals surface area contributed by atoms with Crippen LogP contribution in [0.25, 0.3) is 12.2 Å². The summed E-state index contributed by atoms with van der Waals surface area (Å²) in [6, 6.07) is 21.0. The molecule has 0 aliphatic heterocycles. The van der Waals surface area contributed by atoms with E-state index in [0.29, 0.717) is 18.1 Å². The summed E-state index contributed by atoms with van der Waals surface area (Å²) < 4.78 is 10.6. The number of benzene rings is 2. The van der Waals surface area contributed by atoms with E-state index in [-0.39, 0.29) is 5.97 Å². The molecule has 4 heteroatoms. The Labute approximate surface area is 152 Å².